The van der Waals surface area contributed by atoms with Crippen LogP contribution in [0.4, 0.5) is 0 Å². The van der Waals surface area contributed by atoms with Gasteiger partial charge >= 0.3 is 41.9 Å². The molecule has 0 fully saturated rings. The topological polar surface area (TPSA) is 40.5 Å². The molecule has 2 N–H and O–H groups in total. The van der Waals surface area contributed by atoms with Crippen molar-refractivity contribution in [3.05, 3.63) is 117 Å². The number of hydrogen-bond donors (Lipinski definition) is 2. The zero-order valence-electron chi connectivity index (χ0n) is 33.8. The van der Waals surface area contributed by atoms with Crippen LogP contribution in [0, 0.1) is 27.7 Å². The van der Waals surface area contributed by atoms with Gasteiger partial charge in [-0.25, -0.2) is 12.1 Å². The Morgan fingerprint density at radius 1 is 0.500 bits per heavy atom. The molecular weight excluding hydrogens is 680 g/mol. The molecule has 2 nitrogen and oxygen atoms in total. The Morgan fingerprint density at radius 3 is 0.917 bits per heavy atom. The number of aromatic hydroxyl groups is 2. The summed E-state index contributed by atoms with van der Waals surface area (Å²) in [5.74, 6) is 0.793. The second-order valence-corrected chi connectivity index (χ2v) is 26.8. The molecule has 0 spiro atoms. The van der Waals surface area contributed by atoms with Gasteiger partial charge in [-0.2, -0.15) is 46.5 Å². The molecule has 0 bridgehead atoms. The van der Waals surface area contributed by atoms with Gasteiger partial charge in [0.25, 0.3) is 0 Å². The van der Waals surface area contributed by atoms with E-state index in [0.29, 0.717) is 22.3 Å². The van der Waals surface area contributed by atoms with Crippen LogP contribution in [0.25, 0.3) is 0 Å². The molecule has 4 aromatic carbocycles. The van der Waals surface area contributed by atoms with Crippen LogP contribution in [0.3, 0.4) is 0 Å². The van der Waals surface area contributed by atoms with Crippen molar-refractivity contribution in [3.8, 4) is 11.5 Å². The first-order chi connectivity index (χ1) is 21.5. The van der Waals surface area contributed by atoms with Crippen LogP contribution in [-0.2, 0) is 45.0 Å². The zero-order valence-corrected chi connectivity index (χ0v) is 37.3. The summed E-state index contributed by atoms with van der Waals surface area (Å²) < 4.78 is 0. The summed E-state index contributed by atoms with van der Waals surface area (Å²) in [5, 5.41) is 19.1. The Labute approximate surface area is 311 Å². The molecule has 0 amide bonds. The fourth-order valence-electron chi connectivity index (χ4n) is 4.56. The van der Waals surface area contributed by atoms with Crippen molar-refractivity contribution in [3.63, 3.8) is 0 Å². The third-order valence-electron chi connectivity index (χ3n) is 7.47. The van der Waals surface area contributed by atoms with Gasteiger partial charge in [0.15, 0.2) is 0 Å². The van der Waals surface area contributed by atoms with Crippen LogP contribution < -0.4 is 0 Å². The number of phenols is 2. The number of rotatable bonds is 0. The minimum Gasteiger partial charge on any atom is -0.508 e. The summed E-state index contributed by atoms with van der Waals surface area (Å²) in [6.45, 7) is 39.0. The van der Waals surface area contributed by atoms with E-state index >= 15 is 0 Å². The fourth-order valence-corrected chi connectivity index (χ4v) is 4.56. The molecule has 0 aliphatic heterocycles. The van der Waals surface area contributed by atoms with E-state index in [-0.39, 0.29) is 16.3 Å². The van der Waals surface area contributed by atoms with Crippen LogP contribution in [0.5, 0.6) is 11.5 Å². The first-order valence-electron chi connectivity index (χ1n) is 17.1. The van der Waals surface area contributed by atoms with Gasteiger partial charge in [-0.15, -0.1) is 0 Å². The number of phenolic OH excluding ortho intramolecular Hbond substituents is 2. The summed E-state index contributed by atoms with van der Waals surface area (Å²) in [5.41, 5.74) is 10.9. The number of hydrogen-bond acceptors (Lipinski definition) is 2. The SMILES string of the molecule is C[Si](C)=[Zr+2].Cc1cc(C(C)(C)C)c[cH-]1.Cc1cc(C(C)(C)C)c[cH-]1.Cc1ccc(O)c(C(C)(C)C)c1.Cc1ccc(O)c(C(C)(C)C)c1. The zero-order chi connectivity index (χ0) is 37.8. The fraction of sp³-hybridized carbons (Fsp3) is 0.500. The Bertz CT molecular complexity index is 1420. The molecule has 0 aliphatic rings. The van der Waals surface area contributed by atoms with E-state index in [0.717, 1.165) is 11.1 Å². The minimum absolute atomic E-state index is 0.0239. The molecule has 0 saturated carbocycles. The summed E-state index contributed by atoms with van der Waals surface area (Å²) in [4.78, 5) is 0. The second kappa shape index (κ2) is 19.3. The Hall–Kier alpha value is -2.16. The van der Waals surface area contributed by atoms with Gasteiger partial charge in [0.2, 0.25) is 0 Å². The minimum atomic E-state index is 0.0239. The molecule has 4 aromatic rings. The monoisotopic (exact) mass is 746 g/mol. The van der Waals surface area contributed by atoms with E-state index in [1.165, 1.54) is 33.4 Å². The Kier molecular flexibility index (Phi) is 18.4. The molecule has 264 valence electrons. The van der Waals surface area contributed by atoms with Gasteiger partial charge in [-0.05, 0) is 47.9 Å². The van der Waals surface area contributed by atoms with E-state index < -0.39 is 0 Å². The summed E-state index contributed by atoms with van der Waals surface area (Å²) >= 11 is 1.74. The average molecular weight is 748 g/mol. The van der Waals surface area contributed by atoms with Gasteiger partial charge in [0.1, 0.15) is 11.5 Å². The third-order valence-corrected chi connectivity index (χ3v) is 7.47. The van der Waals surface area contributed by atoms with Crippen LogP contribution in [-0.4, -0.2) is 15.6 Å². The molecule has 0 aliphatic carbocycles. The van der Waals surface area contributed by atoms with Crippen LogP contribution in [0.1, 0.15) is 128 Å². The molecular formula is C44H68O2SiZr. The summed E-state index contributed by atoms with van der Waals surface area (Å²) in [6, 6.07) is 24.7. The van der Waals surface area contributed by atoms with Gasteiger partial charge < -0.3 is 10.2 Å². The molecule has 4 rings (SSSR count). The van der Waals surface area contributed by atoms with Gasteiger partial charge in [-0.1, -0.05) is 143 Å². The van der Waals surface area contributed by atoms with Crippen molar-refractivity contribution < 1.29 is 33.5 Å². The van der Waals surface area contributed by atoms with E-state index in [4.69, 9.17) is 0 Å². The smallest absolute Gasteiger partial charge is 0.119 e. The van der Waals surface area contributed by atoms with Gasteiger partial charge in [0.05, 0.1) is 0 Å². The molecule has 0 heterocycles. The Morgan fingerprint density at radius 2 is 0.771 bits per heavy atom. The van der Waals surface area contributed by atoms with E-state index in [2.05, 4.69) is 146 Å². The van der Waals surface area contributed by atoms with Gasteiger partial charge in [-0.3, -0.25) is 0 Å². The predicted octanol–water partition coefficient (Wildman–Crippen LogP) is 12.8. The molecule has 0 atom stereocenters. The summed E-state index contributed by atoms with van der Waals surface area (Å²) in [7, 11) is 0. The predicted molar refractivity (Wildman–Crippen MR) is 212 cm³/mol. The molecule has 0 aromatic heterocycles. The average Bonchev–Trinajstić information content (AvgIpc) is 3.55. The third kappa shape index (κ3) is 18.6. The molecule has 0 saturated heterocycles. The van der Waals surface area contributed by atoms with Crippen LogP contribution in [0.15, 0.2) is 72.8 Å². The number of aryl methyl sites for hydroxylation is 4. The van der Waals surface area contributed by atoms with Crippen molar-refractivity contribution in [1.29, 1.82) is 0 Å². The van der Waals surface area contributed by atoms with Crippen LogP contribution >= 0.6 is 0 Å². The van der Waals surface area contributed by atoms with Crippen molar-refractivity contribution in [1.82, 2.24) is 0 Å². The number of benzene rings is 2. The molecule has 4 heteroatoms. The maximum atomic E-state index is 9.57. The first-order valence-corrected chi connectivity index (χ1v) is 23.3. The molecule has 0 radical (unpaired) electrons. The van der Waals surface area contributed by atoms with Crippen molar-refractivity contribution in [2.45, 2.75) is 146 Å². The van der Waals surface area contributed by atoms with Crippen molar-refractivity contribution in [2.24, 2.45) is 0 Å². The van der Waals surface area contributed by atoms with Gasteiger partial charge in [0, 0.05) is 0 Å². The molecule has 0 unspecified atom stereocenters. The van der Waals surface area contributed by atoms with E-state index in [1.807, 2.05) is 38.1 Å². The van der Waals surface area contributed by atoms with Crippen molar-refractivity contribution >= 4 is 5.43 Å². The summed E-state index contributed by atoms with van der Waals surface area (Å²) in [6.07, 6.45) is 0. The van der Waals surface area contributed by atoms with Crippen LogP contribution in [0.2, 0.25) is 13.1 Å². The molecule has 48 heavy (non-hydrogen) atoms. The quantitative estimate of drug-likeness (QED) is 0.139. The largest absolute Gasteiger partial charge is 0.508 e. The normalized spacial score (nSPS) is 11.4. The second-order valence-electron chi connectivity index (χ2n) is 17.4. The standard InChI is InChI=1S/2C11H16O.2C10H15.C2H6Si.Zr/c2*1-8-5-6-10(12)9(7-8)11(2,3)4;2*1-8-5-6-9(7-8)10(2,3)4;1-3-2;/h2*5-7,12H,1-4H3;2*5-7H,1-4H3;1-2H3;/q;;2*-1;;+2. The maximum Gasteiger partial charge on any atom is 0.119 e. The van der Waals surface area contributed by atoms with E-state index in [1.54, 1.807) is 35.5 Å². The van der Waals surface area contributed by atoms with Crippen molar-refractivity contribution in [2.75, 3.05) is 0 Å². The first kappa shape index (κ1) is 45.8. The Balaban J connectivity index is 0.000000593. The maximum absolute atomic E-state index is 9.57. The van der Waals surface area contributed by atoms with E-state index in [9.17, 15) is 10.2 Å².